The predicted octanol–water partition coefficient (Wildman–Crippen LogP) is 4.30. The summed E-state index contributed by atoms with van der Waals surface area (Å²) in [4.78, 5) is 14.9. The third-order valence-corrected chi connectivity index (χ3v) is 7.77. The molecule has 31 heavy (non-hydrogen) atoms. The molecule has 0 unspecified atom stereocenters. The summed E-state index contributed by atoms with van der Waals surface area (Å²) in [5.41, 5.74) is 1.06. The molecule has 4 rings (SSSR count). The van der Waals surface area contributed by atoms with E-state index in [4.69, 9.17) is 0 Å². The van der Waals surface area contributed by atoms with Gasteiger partial charge in [0.2, 0.25) is 15.3 Å². The molecule has 5 nitrogen and oxygen atoms in total. The lowest BCUT2D eigenvalue weighted by Crippen LogP contribution is -2.39. The van der Waals surface area contributed by atoms with E-state index >= 15 is 4.39 Å². The van der Waals surface area contributed by atoms with Gasteiger partial charge in [-0.05, 0) is 55.0 Å². The quantitative estimate of drug-likeness (QED) is 0.607. The van der Waals surface area contributed by atoms with Crippen LogP contribution in [0.15, 0.2) is 57.2 Å². The monoisotopic (exact) mass is 442 g/mol. The van der Waals surface area contributed by atoms with E-state index in [-0.39, 0.29) is 15.2 Å². The highest BCUT2D eigenvalue weighted by Gasteiger charge is 2.27. The number of aromatic nitrogens is 1. The molecule has 1 fully saturated rings. The molecule has 1 aliphatic heterocycles. The van der Waals surface area contributed by atoms with E-state index in [1.54, 1.807) is 36.7 Å². The molecule has 0 saturated carbocycles. The van der Waals surface area contributed by atoms with E-state index in [2.05, 4.69) is 13.8 Å². The van der Waals surface area contributed by atoms with Crippen molar-refractivity contribution in [2.75, 3.05) is 18.0 Å². The second-order valence-corrected chi connectivity index (χ2v) is 10.8. The number of hydrogen-bond acceptors (Lipinski definition) is 4. The number of sulfone groups is 1. The maximum atomic E-state index is 15.1. The number of anilines is 1. The van der Waals surface area contributed by atoms with Crippen LogP contribution in [0.4, 0.5) is 10.1 Å². The van der Waals surface area contributed by atoms with Crippen molar-refractivity contribution in [2.45, 2.75) is 37.0 Å². The van der Waals surface area contributed by atoms with Gasteiger partial charge in [-0.2, -0.15) is 0 Å². The van der Waals surface area contributed by atoms with Crippen LogP contribution >= 0.6 is 0 Å². The maximum Gasteiger partial charge on any atom is 0.211 e. The van der Waals surface area contributed by atoms with Gasteiger partial charge in [0, 0.05) is 26.3 Å². The first-order valence-corrected chi connectivity index (χ1v) is 12.0. The normalized spacial score (nSPS) is 19.7. The number of fused-ring (bicyclic) bond motifs is 1. The lowest BCUT2D eigenvalue weighted by Gasteiger charge is -2.36. The summed E-state index contributed by atoms with van der Waals surface area (Å²) >= 11 is 0. The molecule has 0 spiro atoms. The zero-order valence-electron chi connectivity index (χ0n) is 18.2. The fourth-order valence-corrected chi connectivity index (χ4v) is 6.17. The molecule has 0 amide bonds. The van der Waals surface area contributed by atoms with Gasteiger partial charge >= 0.3 is 0 Å². The van der Waals surface area contributed by atoms with Gasteiger partial charge in [0.15, 0.2) is 0 Å². The van der Waals surface area contributed by atoms with Gasteiger partial charge in [-0.3, -0.25) is 4.79 Å². The van der Waals surface area contributed by atoms with Crippen LogP contribution in [-0.4, -0.2) is 26.1 Å². The van der Waals surface area contributed by atoms with Crippen molar-refractivity contribution in [3.05, 3.63) is 64.2 Å². The Morgan fingerprint density at radius 3 is 2.39 bits per heavy atom. The summed E-state index contributed by atoms with van der Waals surface area (Å²) in [6.45, 7) is 7.59. The van der Waals surface area contributed by atoms with Gasteiger partial charge in [0.1, 0.15) is 10.7 Å². The first-order chi connectivity index (χ1) is 14.6. The Morgan fingerprint density at radius 2 is 1.74 bits per heavy atom. The average Bonchev–Trinajstić information content (AvgIpc) is 2.69. The minimum atomic E-state index is -4.03. The van der Waals surface area contributed by atoms with E-state index in [1.807, 2.05) is 4.90 Å². The number of benzene rings is 2. The summed E-state index contributed by atoms with van der Waals surface area (Å²) < 4.78 is 43.0. The van der Waals surface area contributed by atoms with Gasteiger partial charge in [0.25, 0.3) is 0 Å². The SMILES string of the molecule is Cc1cccc(S(=O)(=O)c2cn(C)c3cc(N4C[C@H](C)C[C@H](C)C4)c(F)cc3c2=O)c1. The highest BCUT2D eigenvalue weighted by molar-refractivity contribution is 7.91. The van der Waals surface area contributed by atoms with Gasteiger partial charge in [-0.25, -0.2) is 12.8 Å². The predicted molar refractivity (Wildman–Crippen MR) is 121 cm³/mol. The van der Waals surface area contributed by atoms with Crippen LogP contribution < -0.4 is 10.3 Å². The Hall–Kier alpha value is -2.67. The van der Waals surface area contributed by atoms with E-state index in [0.29, 0.717) is 23.0 Å². The van der Waals surface area contributed by atoms with E-state index in [1.165, 1.54) is 24.4 Å². The Bertz CT molecular complexity index is 1320. The molecular formula is C24H27FN2O3S. The van der Waals surface area contributed by atoms with Crippen molar-refractivity contribution in [1.29, 1.82) is 0 Å². The molecule has 2 aromatic carbocycles. The van der Waals surface area contributed by atoms with Crippen molar-refractivity contribution < 1.29 is 12.8 Å². The Labute approximate surface area is 182 Å². The molecule has 7 heteroatoms. The lowest BCUT2D eigenvalue weighted by atomic mass is 9.91. The summed E-state index contributed by atoms with van der Waals surface area (Å²) in [5.74, 6) is 0.394. The van der Waals surface area contributed by atoms with Crippen molar-refractivity contribution in [3.63, 3.8) is 0 Å². The molecular weight excluding hydrogens is 415 g/mol. The Morgan fingerprint density at radius 1 is 1.06 bits per heavy atom. The second kappa shape index (κ2) is 7.79. The summed E-state index contributed by atoms with van der Waals surface area (Å²) in [7, 11) is -2.35. The molecule has 164 valence electrons. The topological polar surface area (TPSA) is 59.4 Å². The summed E-state index contributed by atoms with van der Waals surface area (Å²) in [6, 6.07) is 9.28. The fraction of sp³-hybridized carbons (Fsp3) is 0.375. The molecule has 1 saturated heterocycles. The van der Waals surface area contributed by atoms with Gasteiger partial charge in [0.05, 0.1) is 21.5 Å². The Kier molecular flexibility index (Phi) is 5.41. The van der Waals surface area contributed by atoms with Crippen LogP contribution in [-0.2, 0) is 16.9 Å². The molecule has 2 atom stereocenters. The number of hydrogen-bond donors (Lipinski definition) is 0. The van der Waals surface area contributed by atoms with Crippen molar-refractivity contribution in [3.8, 4) is 0 Å². The molecule has 1 aromatic heterocycles. The minimum Gasteiger partial charge on any atom is -0.369 e. The molecule has 0 radical (unpaired) electrons. The third-order valence-electron chi connectivity index (χ3n) is 6.02. The molecule has 0 N–H and O–H groups in total. The van der Waals surface area contributed by atoms with Crippen molar-refractivity contribution >= 4 is 26.4 Å². The minimum absolute atomic E-state index is 0.0531. The van der Waals surface area contributed by atoms with E-state index in [9.17, 15) is 13.2 Å². The average molecular weight is 443 g/mol. The van der Waals surface area contributed by atoms with Crippen LogP contribution in [0.2, 0.25) is 0 Å². The number of nitrogens with zero attached hydrogens (tertiary/aromatic N) is 2. The molecule has 0 bridgehead atoms. The van der Waals surface area contributed by atoms with Crippen molar-refractivity contribution in [2.24, 2.45) is 18.9 Å². The second-order valence-electron chi connectivity index (χ2n) is 8.93. The third kappa shape index (κ3) is 3.87. The van der Waals surface area contributed by atoms with E-state index in [0.717, 1.165) is 25.1 Å². The van der Waals surface area contributed by atoms with Crippen LogP contribution in [0.3, 0.4) is 0 Å². The number of pyridine rings is 1. The standard InChI is InChI=1S/C24H27FN2O3S/c1-15-6-5-7-18(9-15)31(29,30)23-14-26(4)21-11-22(20(25)10-19(21)24(23)28)27-12-16(2)8-17(3)13-27/h5-7,9-11,14,16-17H,8,12-13H2,1-4H3/t16-,17+. The summed E-state index contributed by atoms with van der Waals surface area (Å²) in [5, 5.41) is 0.0654. The fourth-order valence-electron chi connectivity index (χ4n) is 4.66. The Balaban J connectivity index is 1.88. The summed E-state index contributed by atoms with van der Waals surface area (Å²) in [6.07, 6.45) is 2.44. The lowest BCUT2D eigenvalue weighted by molar-refractivity contribution is 0.354. The first-order valence-electron chi connectivity index (χ1n) is 10.5. The van der Waals surface area contributed by atoms with Crippen LogP contribution in [0.1, 0.15) is 25.8 Å². The largest absolute Gasteiger partial charge is 0.369 e. The van der Waals surface area contributed by atoms with E-state index < -0.39 is 21.1 Å². The number of rotatable bonds is 3. The zero-order valence-corrected chi connectivity index (χ0v) is 19.0. The zero-order chi connectivity index (χ0) is 22.5. The van der Waals surface area contributed by atoms with Gasteiger partial charge in [-0.15, -0.1) is 0 Å². The highest BCUT2D eigenvalue weighted by atomic mass is 32.2. The molecule has 0 aliphatic carbocycles. The number of halogens is 1. The highest BCUT2D eigenvalue weighted by Crippen LogP contribution is 2.31. The van der Waals surface area contributed by atoms with Crippen LogP contribution in [0.25, 0.3) is 10.9 Å². The maximum absolute atomic E-state index is 15.1. The van der Waals surface area contributed by atoms with Gasteiger partial charge < -0.3 is 9.47 Å². The van der Waals surface area contributed by atoms with Crippen LogP contribution in [0, 0.1) is 24.6 Å². The van der Waals surface area contributed by atoms with Crippen LogP contribution in [0.5, 0.6) is 0 Å². The number of piperidine rings is 1. The first kappa shape index (κ1) is 21.6. The molecule has 3 aromatic rings. The van der Waals surface area contributed by atoms with Gasteiger partial charge in [-0.1, -0.05) is 26.0 Å². The molecule has 1 aliphatic rings. The number of aryl methyl sites for hydroxylation is 2. The smallest absolute Gasteiger partial charge is 0.211 e. The van der Waals surface area contributed by atoms with Crippen molar-refractivity contribution in [1.82, 2.24) is 4.57 Å². The molecule has 2 heterocycles.